The molecule has 1 saturated carbocycles. The van der Waals surface area contributed by atoms with Crippen LogP contribution in [-0.2, 0) is 19.1 Å². The molecule has 5 heteroatoms. The van der Waals surface area contributed by atoms with Crippen LogP contribution in [0, 0.1) is 17.8 Å². The fourth-order valence-electron chi connectivity index (χ4n) is 3.24. The van der Waals surface area contributed by atoms with E-state index < -0.39 is 11.8 Å². The molecule has 3 atom stereocenters. The Hall–Kier alpha value is -1.91. The number of imide groups is 1. The number of carbonyl (C=O) groups is 3. The van der Waals surface area contributed by atoms with Crippen molar-refractivity contribution >= 4 is 17.8 Å². The number of allylic oxidation sites excluding steroid dienone is 2. The van der Waals surface area contributed by atoms with Crippen molar-refractivity contribution in [2.75, 3.05) is 6.54 Å². The number of rotatable bonds is 3. The number of hydrogen-bond acceptors (Lipinski definition) is 4. The first-order valence-corrected chi connectivity index (χ1v) is 7.07. The minimum atomic E-state index is -0.512. The van der Waals surface area contributed by atoms with Crippen LogP contribution in [0.5, 0.6) is 0 Å². The fourth-order valence-corrected chi connectivity index (χ4v) is 3.24. The van der Waals surface area contributed by atoms with Gasteiger partial charge in [0.25, 0.3) is 11.8 Å². The molecule has 2 amide bonds. The van der Waals surface area contributed by atoms with Gasteiger partial charge in [-0.2, -0.15) is 0 Å². The van der Waals surface area contributed by atoms with Crippen molar-refractivity contribution in [1.29, 1.82) is 0 Å². The van der Waals surface area contributed by atoms with Crippen molar-refractivity contribution < 1.29 is 19.1 Å². The third-order valence-corrected chi connectivity index (χ3v) is 4.38. The summed E-state index contributed by atoms with van der Waals surface area (Å²) in [5, 5.41) is 0. The number of nitrogens with zero attached hydrogens (tertiary/aromatic N) is 1. The summed E-state index contributed by atoms with van der Waals surface area (Å²) in [4.78, 5) is 36.7. The summed E-state index contributed by atoms with van der Waals surface area (Å²) in [5.41, 5.74) is 0. The van der Waals surface area contributed by atoms with Crippen molar-refractivity contribution in [3.05, 3.63) is 24.0 Å². The normalized spacial score (nSPS) is 31.8. The van der Waals surface area contributed by atoms with E-state index in [0.29, 0.717) is 5.92 Å². The summed E-state index contributed by atoms with van der Waals surface area (Å²) in [5.74, 6) is -0.963. The molecule has 2 bridgehead atoms. The third kappa shape index (κ3) is 2.07. The lowest BCUT2D eigenvalue weighted by molar-refractivity contribution is -0.151. The number of ether oxygens (including phenoxy) is 1. The molecule has 0 aromatic heterocycles. The molecule has 1 heterocycles. The Morgan fingerprint density at radius 1 is 1.35 bits per heavy atom. The van der Waals surface area contributed by atoms with Crippen LogP contribution in [0.15, 0.2) is 24.0 Å². The lowest BCUT2D eigenvalue weighted by Crippen LogP contribution is -2.35. The van der Waals surface area contributed by atoms with E-state index in [9.17, 15) is 14.4 Å². The molecule has 3 unspecified atom stereocenters. The molecule has 0 radical (unpaired) electrons. The maximum atomic E-state index is 12.2. The maximum Gasteiger partial charge on any atom is 0.315 e. The van der Waals surface area contributed by atoms with Crippen LogP contribution in [0.1, 0.15) is 26.2 Å². The summed E-state index contributed by atoms with van der Waals surface area (Å²) < 4.78 is 5.19. The topological polar surface area (TPSA) is 63.7 Å². The van der Waals surface area contributed by atoms with Gasteiger partial charge in [0, 0.05) is 6.54 Å². The number of carbonyl (C=O) groups excluding carboxylic acids is 3. The summed E-state index contributed by atoms with van der Waals surface area (Å²) in [6.07, 6.45) is 8.26. The second-order valence-electron chi connectivity index (χ2n) is 5.55. The molecule has 20 heavy (non-hydrogen) atoms. The highest BCUT2D eigenvalue weighted by molar-refractivity contribution is 6.15. The van der Waals surface area contributed by atoms with Gasteiger partial charge in [-0.3, -0.25) is 19.3 Å². The molecule has 1 aliphatic heterocycles. The minimum Gasteiger partial charge on any atom is -0.420 e. The van der Waals surface area contributed by atoms with E-state index in [2.05, 4.69) is 12.2 Å². The molecule has 0 aromatic carbocycles. The van der Waals surface area contributed by atoms with Crippen LogP contribution in [-0.4, -0.2) is 29.2 Å². The lowest BCUT2D eigenvalue weighted by Gasteiger charge is -2.36. The third-order valence-electron chi connectivity index (χ3n) is 4.38. The van der Waals surface area contributed by atoms with Crippen molar-refractivity contribution in [2.45, 2.75) is 26.2 Å². The van der Waals surface area contributed by atoms with Crippen LogP contribution in [0.3, 0.4) is 0 Å². The van der Waals surface area contributed by atoms with Crippen LogP contribution in [0.2, 0.25) is 0 Å². The number of fused-ring (bicyclic) bond motifs is 2. The Kier molecular flexibility index (Phi) is 3.20. The Balaban J connectivity index is 1.69. The van der Waals surface area contributed by atoms with Gasteiger partial charge in [0.2, 0.25) is 5.76 Å². The predicted molar refractivity (Wildman–Crippen MR) is 70.0 cm³/mol. The van der Waals surface area contributed by atoms with E-state index in [1.54, 1.807) is 6.92 Å². The van der Waals surface area contributed by atoms with Crippen molar-refractivity contribution in [2.24, 2.45) is 17.8 Å². The molecule has 106 valence electrons. The highest BCUT2D eigenvalue weighted by Gasteiger charge is 2.40. The van der Waals surface area contributed by atoms with Gasteiger partial charge in [0.15, 0.2) is 0 Å². The van der Waals surface area contributed by atoms with E-state index in [1.165, 1.54) is 0 Å². The van der Waals surface area contributed by atoms with E-state index in [0.717, 1.165) is 30.2 Å². The molecule has 5 nitrogen and oxygen atoms in total. The van der Waals surface area contributed by atoms with Gasteiger partial charge in [0.1, 0.15) is 0 Å². The van der Waals surface area contributed by atoms with Gasteiger partial charge < -0.3 is 4.74 Å². The van der Waals surface area contributed by atoms with Crippen LogP contribution in [0.25, 0.3) is 0 Å². The van der Waals surface area contributed by atoms with Gasteiger partial charge in [0.05, 0.1) is 12.0 Å². The molecule has 0 aromatic rings. The number of likely N-dealkylation sites (N-methyl/N-ethyl adjacent to an activating group) is 1. The predicted octanol–water partition coefficient (Wildman–Crippen LogP) is 1.40. The zero-order valence-electron chi connectivity index (χ0n) is 11.4. The van der Waals surface area contributed by atoms with Crippen molar-refractivity contribution in [1.82, 2.24) is 4.90 Å². The second-order valence-corrected chi connectivity index (χ2v) is 5.55. The monoisotopic (exact) mass is 275 g/mol. The molecular weight excluding hydrogens is 258 g/mol. The first-order valence-electron chi connectivity index (χ1n) is 7.07. The fraction of sp³-hybridized carbons (Fsp3) is 0.533. The summed E-state index contributed by atoms with van der Waals surface area (Å²) in [6.45, 7) is 1.99. The Labute approximate surface area is 117 Å². The van der Waals surface area contributed by atoms with Gasteiger partial charge in [-0.25, -0.2) is 0 Å². The van der Waals surface area contributed by atoms with Crippen LogP contribution < -0.4 is 0 Å². The average Bonchev–Trinajstić information content (AvgIpc) is 2.74. The first-order chi connectivity index (χ1) is 9.60. The van der Waals surface area contributed by atoms with Crippen molar-refractivity contribution in [3.8, 4) is 0 Å². The van der Waals surface area contributed by atoms with E-state index in [4.69, 9.17) is 4.74 Å². The Bertz CT molecular complexity index is 534. The maximum absolute atomic E-state index is 12.2. The summed E-state index contributed by atoms with van der Waals surface area (Å²) in [6, 6.07) is 0. The zero-order valence-corrected chi connectivity index (χ0v) is 11.4. The van der Waals surface area contributed by atoms with Gasteiger partial charge in [-0.05, 0) is 38.0 Å². The lowest BCUT2D eigenvalue weighted by atomic mass is 9.69. The van der Waals surface area contributed by atoms with Crippen molar-refractivity contribution in [3.63, 3.8) is 0 Å². The zero-order chi connectivity index (χ0) is 14.3. The van der Waals surface area contributed by atoms with Crippen LogP contribution in [0.4, 0.5) is 0 Å². The average molecular weight is 275 g/mol. The number of hydrogen-bond donors (Lipinski definition) is 0. The molecule has 1 fully saturated rings. The van der Waals surface area contributed by atoms with Gasteiger partial charge in [-0.15, -0.1) is 0 Å². The van der Waals surface area contributed by atoms with E-state index in [-0.39, 0.29) is 30.1 Å². The Morgan fingerprint density at radius 2 is 2.15 bits per heavy atom. The molecular formula is C15H17NO4. The summed E-state index contributed by atoms with van der Waals surface area (Å²) in [7, 11) is 0. The molecule has 0 N–H and O–H groups in total. The molecule has 3 aliphatic carbocycles. The quantitative estimate of drug-likeness (QED) is 0.444. The minimum absolute atomic E-state index is 0.132. The highest BCUT2D eigenvalue weighted by atomic mass is 16.5. The summed E-state index contributed by atoms with van der Waals surface area (Å²) >= 11 is 0. The molecule has 4 rings (SSSR count). The molecule has 0 saturated heterocycles. The molecule has 0 spiro atoms. The Morgan fingerprint density at radius 3 is 2.65 bits per heavy atom. The van der Waals surface area contributed by atoms with Crippen LogP contribution >= 0.6 is 0 Å². The van der Waals surface area contributed by atoms with Gasteiger partial charge in [-0.1, -0.05) is 12.2 Å². The molecule has 4 aliphatic rings. The first kappa shape index (κ1) is 13.1. The number of esters is 1. The van der Waals surface area contributed by atoms with Gasteiger partial charge >= 0.3 is 5.97 Å². The standard InChI is InChI=1S/C15H17NO4/c1-2-16-13(17)8-12(14(16)18)20-15(19)11-7-9-3-5-10(11)6-4-9/h3,5,8-11H,2,4,6-7H2,1H3. The van der Waals surface area contributed by atoms with E-state index >= 15 is 0 Å². The second kappa shape index (κ2) is 4.89. The highest BCUT2D eigenvalue weighted by Crippen LogP contribution is 2.41. The number of amides is 2. The largest absolute Gasteiger partial charge is 0.420 e. The van der Waals surface area contributed by atoms with E-state index in [1.807, 2.05) is 0 Å². The SMILES string of the molecule is CCN1C(=O)C=C(OC(=O)C2CC3C=CC2CC3)C1=O. The smallest absolute Gasteiger partial charge is 0.315 e.